The fraction of sp³-hybridized carbons (Fsp3) is 0.429. The highest BCUT2D eigenvalue weighted by molar-refractivity contribution is 5.92. The summed E-state index contributed by atoms with van der Waals surface area (Å²) in [6, 6.07) is 11.2. The lowest BCUT2D eigenvalue weighted by molar-refractivity contribution is 0.578. The van der Waals surface area contributed by atoms with E-state index in [1.807, 2.05) is 0 Å². The second-order valence-electron chi connectivity index (χ2n) is 7.65. The van der Waals surface area contributed by atoms with Gasteiger partial charge in [-0.1, -0.05) is 30.3 Å². The molecule has 5 heteroatoms. The number of fused-ring (bicyclic) bond motifs is 2. The molecular weight excluding hydrogens is 322 g/mol. The van der Waals surface area contributed by atoms with Crippen LogP contribution in [-0.4, -0.2) is 40.2 Å². The lowest BCUT2D eigenvalue weighted by atomic mass is 10.1. The molecule has 1 N–H and O–H groups in total. The van der Waals surface area contributed by atoms with Crippen LogP contribution in [0.3, 0.4) is 0 Å². The number of aromatic nitrogens is 3. The summed E-state index contributed by atoms with van der Waals surface area (Å²) in [6.07, 6.45) is 3.00. The molecule has 134 valence electrons. The minimum absolute atomic E-state index is 0.574. The highest BCUT2D eigenvalue weighted by Crippen LogP contribution is 2.37. The Kier molecular flexibility index (Phi) is 3.71. The van der Waals surface area contributed by atoms with E-state index >= 15 is 0 Å². The molecule has 2 fully saturated rings. The minimum atomic E-state index is 0.574. The Bertz CT molecular complexity index is 946. The van der Waals surface area contributed by atoms with Gasteiger partial charge in [-0.05, 0) is 37.3 Å². The summed E-state index contributed by atoms with van der Waals surface area (Å²) in [5, 5.41) is 4.78. The second kappa shape index (κ2) is 6.09. The molecule has 0 unspecified atom stereocenters. The van der Waals surface area contributed by atoms with Gasteiger partial charge in [-0.2, -0.15) is 0 Å². The first-order valence-corrected chi connectivity index (χ1v) is 9.55. The SMILES string of the molecule is Cc1c(C)n(Cc2ccccc2)c2ncnc(N3CC[C@@H]4CNC[C@@H]43)c12. The van der Waals surface area contributed by atoms with Gasteiger partial charge >= 0.3 is 0 Å². The van der Waals surface area contributed by atoms with Crippen molar-refractivity contribution in [2.75, 3.05) is 24.5 Å². The largest absolute Gasteiger partial charge is 0.351 e. The Morgan fingerprint density at radius 3 is 2.81 bits per heavy atom. The van der Waals surface area contributed by atoms with Crippen LogP contribution in [0.2, 0.25) is 0 Å². The third-order valence-corrected chi connectivity index (χ3v) is 6.29. The van der Waals surface area contributed by atoms with E-state index < -0.39 is 0 Å². The third-order valence-electron chi connectivity index (χ3n) is 6.29. The quantitative estimate of drug-likeness (QED) is 0.791. The summed E-state index contributed by atoms with van der Waals surface area (Å²) in [7, 11) is 0. The first-order chi connectivity index (χ1) is 12.7. The Balaban J connectivity index is 1.62. The van der Waals surface area contributed by atoms with Crippen LogP contribution in [0.4, 0.5) is 5.82 Å². The van der Waals surface area contributed by atoms with Gasteiger partial charge in [-0.3, -0.25) is 0 Å². The van der Waals surface area contributed by atoms with Crippen molar-refractivity contribution in [2.24, 2.45) is 5.92 Å². The maximum Gasteiger partial charge on any atom is 0.146 e. The summed E-state index contributed by atoms with van der Waals surface area (Å²) in [5.41, 5.74) is 4.95. The lowest BCUT2D eigenvalue weighted by Gasteiger charge is -2.25. The summed E-state index contributed by atoms with van der Waals surface area (Å²) in [4.78, 5) is 12.0. The van der Waals surface area contributed by atoms with Gasteiger partial charge in [0.25, 0.3) is 0 Å². The molecule has 0 saturated carbocycles. The van der Waals surface area contributed by atoms with E-state index in [1.54, 1.807) is 6.33 Å². The highest BCUT2D eigenvalue weighted by atomic mass is 15.3. The molecule has 0 amide bonds. The number of nitrogens with zero attached hydrogens (tertiary/aromatic N) is 4. The average Bonchev–Trinajstić information content (AvgIpc) is 3.34. The zero-order valence-electron chi connectivity index (χ0n) is 15.4. The van der Waals surface area contributed by atoms with E-state index in [2.05, 4.69) is 63.9 Å². The van der Waals surface area contributed by atoms with Gasteiger partial charge < -0.3 is 14.8 Å². The Morgan fingerprint density at radius 2 is 1.96 bits per heavy atom. The molecule has 5 rings (SSSR count). The molecule has 2 aliphatic rings. The van der Waals surface area contributed by atoms with Gasteiger partial charge in [-0.15, -0.1) is 0 Å². The van der Waals surface area contributed by atoms with Crippen LogP contribution in [0, 0.1) is 19.8 Å². The number of hydrogen-bond acceptors (Lipinski definition) is 4. The topological polar surface area (TPSA) is 46.0 Å². The molecule has 5 nitrogen and oxygen atoms in total. The highest BCUT2D eigenvalue weighted by Gasteiger charge is 2.39. The summed E-state index contributed by atoms with van der Waals surface area (Å²) in [5.74, 6) is 1.88. The molecular formula is C21H25N5. The van der Waals surface area contributed by atoms with Gasteiger partial charge in [0.2, 0.25) is 0 Å². The smallest absolute Gasteiger partial charge is 0.146 e. The predicted octanol–water partition coefficient (Wildman–Crippen LogP) is 2.89. The van der Waals surface area contributed by atoms with E-state index in [1.165, 1.54) is 28.6 Å². The van der Waals surface area contributed by atoms with Crippen molar-refractivity contribution in [1.82, 2.24) is 19.9 Å². The fourth-order valence-electron chi connectivity index (χ4n) is 4.74. The van der Waals surface area contributed by atoms with E-state index in [0.717, 1.165) is 43.6 Å². The molecule has 2 aromatic heterocycles. The number of hydrogen-bond donors (Lipinski definition) is 1. The van der Waals surface area contributed by atoms with Crippen molar-refractivity contribution >= 4 is 16.9 Å². The number of aryl methyl sites for hydroxylation is 1. The molecule has 2 atom stereocenters. The summed E-state index contributed by atoms with van der Waals surface area (Å²) < 4.78 is 2.34. The zero-order chi connectivity index (χ0) is 17.7. The maximum atomic E-state index is 4.75. The predicted molar refractivity (Wildman–Crippen MR) is 105 cm³/mol. The van der Waals surface area contributed by atoms with Crippen LogP contribution in [-0.2, 0) is 6.54 Å². The van der Waals surface area contributed by atoms with Crippen LogP contribution in [0.1, 0.15) is 23.2 Å². The summed E-state index contributed by atoms with van der Waals surface area (Å²) in [6.45, 7) is 8.58. The van der Waals surface area contributed by atoms with Crippen LogP contribution >= 0.6 is 0 Å². The monoisotopic (exact) mass is 347 g/mol. The molecule has 26 heavy (non-hydrogen) atoms. The average molecular weight is 347 g/mol. The van der Waals surface area contributed by atoms with Crippen LogP contribution in [0.15, 0.2) is 36.7 Å². The van der Waals surface area contributed by atoms with Crippen molar-refractivity contribution in [3.8, 4) is 0 Å². The Hall–Kier alpha value is -2.40. The molecule has 4 heterocycles. The van der Waals surface area contributed by atoms with Gasteiger partial charge in [0.15, 0.2) is 0 Å². The van der Waals surface area contributed by atoms with E-state index in [4.69, 9.17) is 4.98 Å². The minimum Gasteiger partial charge on any atom is -0.351 e. The molecule has 1 aromatic carbocycles. The molecule has 0 radical (unpaired) electrons. The molecule has 2 aliphatic heterocycles. The van der Waals surface area contributed by atoms with Gasteiger partial charge in [0.1, 0.15) is 17.8 Å². The fourth-order valence-corrected chi connectivity index (χ4v) is 4.74. The molecule has 0 bridgehead atoms. The maximum absolute atomic E-state index is 4.75. The normalized spacial score (nSPS) is 22.3. The molecule has 0 spiro atoms. The van der Waals surface area contributed by atoms with Crippen LogP contribution in [0.5, 0.6) is 0 Å². The van der Waals surface area contributed by atoms with Crippen molar-refractivity contribution in [3.63, 3.8) is 0 Å². The van der Waals surface area contributed by atoms with Gasteiger partial charge in [0, 0.05) is 37.9 Å². The van der Waals surface area contributed by atoms with Crippen LogP contribution < -0.4 is 10.2 Å². The third kappa shape index (κ3) is 2.34. The lowest BCUT2D eigenvalue weighted by Crippen LogP contribution is -2.34. The Morgan fingerprint density at radius 1 is 1.12 bits per heavy atom. The molecule has 2 saturated heterocycles. The zero-order valence-corrected chi connectivity index (χ0v) is 15.4. The van der Waals surface area contributed by atoms with E-state index in [-0.39, 0.29) is 0 Å². The first kappa shape index (κ1) is 15.8. The number of benzene rings is 1. The first-order valence-electron chi connectivity index (χ1n) is 9.55. The second-order valence-corrected chi connectivity index (χ2v) is 7.65. The number of anilines is 1. The van der Waals surface area contributed by atoms with E-state index in [9.17, 15) is 0 Å². The van der Waals surface area contributed by atoms with Crippen molar-refractivity contribution in [3.05, 3.63) is 53.5 Å². The number of rotatable bonds is 3. The molecule has 0 aliphatic carbocycles. The van der Waals surface area contributed by atoms with E-state index in [0.29, 0.717) is 6.04 Å². The summed E-state index contributed by atoms with van der Waals surface area (Å²) >= 11 is 0. The van der Waals surface area contributed by atoms with Gasteiger partial charge in [0.05, 0.1) is 5.39 Å². The van der Waals surface area contributed by atoms with Crippen LogP contribution in [0.25, 0.3) is 11.0 Å². The van der Waals surface area contributed by atoms with Crippen molar-refractivity contribution in [2.45, 2.75) is 32.9 Å². The van der Waals surface area contributed by atoms with Crippen molar-refractivity contribution < 1.29 is 0 Å². The standard InChI is InChI=1S/C21H25N5/c1-14-15(2)26(12-16-6-4-3-5-7-16)21-19(14)20(23-13-24-21)25-9-8-17-10-22-11-18(17)25/h3-7,13,17-18,22H,8-12H2,1-2H3/t17-,18+/m1/s1. The molecule has 3 aromatic rings. The Labute approximate surface area is 154 Å². The van der Waals surface area contributed by atoms with Gasteiger partial charge in [-0.25, -0.2) is 9.97 Å². The number of nitrogens with one attached hydrogen (secondary N) is 1. The van der Waals surface area contributed by atoms with Crippen molar-refractivity contribution in [1.29, 1.82) is 0 Å².